The van der Waals surface area contributed by atoms with Crippen LogP contribution in [0.4, 0.5) is 0 Å². The van der Waals surface area contributed by atoms with Crippen LogP contribution in [-0.4, -0.2) is 28.5 Å². The average Bonchev–Trinajstić information content (AvgIpc) is 2.67. The molecule has 4 N–H and O–H groups in total. The lowest BCUT2D eigenvalue weighted by Gasteiger charge is -2.07. The van der Waals surface area contributed by atoms with E-state index in [4.69, 9.17) is 5.73 Å². The van der Waals surface area contributed by atoms with E-state index >= 15 is 0 Å². The number of nitrogens with one attached hydrogen (secondary N) is 2. The van der Waals surface area contributed by atoms with E-state index in [1.807, 2.05) is 26.0 Å². The van der Waals surface area contributed by atoms with Crippen molar-refractivity contribution in [3.63, 3.8) is 0 Å². The molecule has 1 aromatic heterocycles. The molecule has 0 fully saturated rings. The Balaban J connectivity index is 1.89. The van der Waals surface area contributed by atoms with Crippen LogP contribution in [-0.2, 0) is 11.2 Å². The lowest BCUT2D eigenvalue weighted by Crippen LogP contribution is -2.31. The summed E-state index contributed by atoms with van der Waals surface area (Å²) in [6.45, 7) is 4.39. The highest BCUT2D eigenvalue weighted by Gasteiger charge is 2.05. The Morgan fingerprint density at radius 2 is 2.32 bits per heavy atom. The number of aromatic amines is 1. The second kappa shape index (κ2) is 5.84. The summed E-state index contributed by atoms with van der Waals surface area (Å²) in [5.41, 5.74) is 8.76. The standard InChI is InChI=1S/C14H20N4O/c1-9(15)7-14(19)16-6-5-11-3-4-12-13(8-11)18-10(2)17-12/h3-4,8-9H,5-7,15H2,1-2H3,(H,16,19)(H,17,18). The number of rotatable bonds is 5. The van der Waals surface area contributed by atoms with Gasteiger partial charge in [-0.3, -0.25) is 4.79 Å². The fourth-order valence-corrected chi connectivity index (χ4v) is 2.05. The fraction of sp³-hybridized carbons (Fsp3) is 0.429. The zero-order valence-corrected chi connectivity index (χ0v) is 11.4. The SMILES string of the molecule is Cc1nc2ccc(CCNC(=O)CC(C)N)cc2[nH]1. The molecule has 19 heavy (non-hydrogen) atoms. The van der Waals surface area contributed by atoms with Gasteiger partial charge >= 0.3 is 0 Å². The molecule has 5 heteroatoms. The van der Waals surface area contributed by atoms with E-state index in [-0.39, 0.29) is 11.9 Å². The molecule has 2 aromatic rings. The number of carbonyl (C=O) groups excluding carboxylic acids is 1. The molecular weight excluding hydrogens is 240 g/mol. The number of aryl methyl sites for hydroxylation is 1. The van der Waals surface area contributed by atoms with Crippen molar-refractivity contribution in [2.24, 2.45) is 5.73 Å². The molecule has 1 heterocycles. The van der Waals surface area contributed by atoms with Gasteiger partial charge in [0, 0.05) is 19.0 Å². The van der Waals surface area contributed by atoms with Crippen molar-refractivity contribution in [3.8, 4) is 0 Å². The minimum Gasteiger partial charge on any atom is -0.356 e. The van der Waals surface area contributed by atoms with E-state index in [0.29, 0.717) is 13.0 Å². The summed E-state index contributed by atoms with van der Waals surface area (Å²) >= 11 is 0. The number of benzene rings is 1. The lowest BCUT2D eigenvalue weighted by molar-refractivity contribution is -0.121. The molecule has 0 bridgehead atoms. The van der Waals surface area contributed by atoms with Crippen molar-refractivity contribution < 1.29 is 4.79 Å². The molecule has 1 atom stereocenters. The van der Waals surface area contributed by atoms with Gasteiger partial charge in [0.2, 0.25) is 5.91 Å². The summed E-state index contributed by atoms with van der Waals surface area (Å²) in [5, 5.41) is 2.87. The third kappa shape index (κ3) is 3.79. The molecule has 0 aliphatic carbocycles. The Hall–Kier alpha value is -1.88. The van der Waals surface area contributed by atoms with E-state index < -0.39 is 0 Å². The second-order valence-electron chi connectivity index (χ2n) is 4.96. The van der Waals surface area contributed by atoms with Gasteiger partial charge in [-0.25, -0.2) is 4.98 Å². The Bertz CT molecular complexity index is 574. The predicted molar refractivity (Wildman–Crippen MR) is 75.8 cm³/mol. The van der Waals surface area contributed by atoms with E-state index in [1.54, 1.807) is 0 Å². The number of nitrogens with two attached hydrogens (primary N) is 1. The number of hydrogen-bond acceptors (Lipinski definition) is 3. The molecule has 1 amide bonds. The average molecular weight is 260 g/mol. The van der Waals surface area contributed by atoms with E-state index in [2.05, 4.69) is 21.4 Å². The summed E-state index contributed by atoms with van der Waals surface area (Å²) in [6.07, 6.45) is 1.18. The lowest BCUT2D eigenvalue weighted by atomic mass is 10.1. The zero-order valence-electron chi connectivity index (χ0n) is 11.4. The van der Waals surface area contributed by atoms with Gasteiger partial charge in [0.05, 0.1) is 11.0 Å². The summed E-state index contributed by atoms with van der Waals surface area (Å²) in [6, 6.07) is 6.02. The van der Waals surface area contributed by atoms with Gasteiger partial charge in [0.1, 0.15) is 5.82 Å². The second-order valence-corrected chi connectivity index (χ2v) is 4.96. The summed E-state index contributed by atoms with van der Waals surface area (Å²) < 4.78 is 0. The minimum absolute atomic E-state index is 0.00784. The molecule has 0 radical (unpaired) electrons. The Morgan fingerprint density at radius 1 is 1.53 bits per heavy atom. The summed E-state index contributed by atoms with van der Waals surface area (Å²) in [4.78, 5) is 19.0. The first kappa shape index (κ1) is 13.5. The molecule has 0 saturated carbocycles. The predicted octanol–water partition coefficient (Wildman–Crippen LogP) is 1.27. The van der Waals surface area contributed by atoms with Gasteiger partial charge in [-0.15, -0.1) is 0 Å². The topological polar surface area (TPSA) is 83.8 Å². The first-order chi connectivity index (χ1) is 9.04. The fourth-order valence-electron chi connectivity index (χ4n) is 2.05. The van der Waals surface area contributed by atoms with Crippen LogP contribution in [0.3, 0.4) is 0 Å². The maximum atomic E-state index is 11.5. The monoisotopic (exact) mass is 260 g/mol. The van der Waals surface area contributed by atoms with E-state index in [9.17, 15) is 4.79 Å². The maximum Gasteiger partial charge on any atom is 0.221 e. The third-order valence-corrected chi connectivity index (χ3v) is 2.91. The zero-order chi connectivity index (χ0) is 13.8. The largest absolute Gasteiger partial charge is 0.356 e. The molecule has 1 unspecified atom stereocenters. The summed E-state index contributed by atoms with van der Waals surface area (Å²) in [7, 11) is 0. The summed E-state index contributed by atoms with van der Waals surface area (Å²) in [5.74, 6) is 0.922. The highest BCUT2D eigenvalue weighted by atomic mass is 16.1. The van der Waals surface area contributed by atoms with Crippen molar-refractivity contribution in [2.45, 2.75) is 32.7 Å². The first-order valence-electron chi connectivity index (χ1n) is 6.52. The van der Waals surface area contributed by atoms with E-state index in [1.165, 1.54) is 5.56 Å². The number of imidazole rings is 1. The van der Waals surface area contributed by atoms with Crippen LogP contribution in [0.2, 0.25) is 0 Å². The van der Waals surface area contributed by atoms with Gasteiger partial charge in [0.25, 0.3) is 0 Å². The molecule has 102 valence electrons. The molecule has 5 nitrogen and oxygen atoms in total. The minimum atomic E-state index is -0.0932. The number of hydrogen-bond donors (Lipinski definition) is 3. The van der Waals surface area contributed by atoms with Crippen LogP contribution in [0.5, 0.6) is 0 Å². The van der Waals surface area contributed by atoms with E-state index in [0.717, 1.165) is 23.3 Å². The molecular formula is C14H20N4O. The molecule has 1 aromatic carbocycles. The number of nitrogens with zero attached hydrogens (tertiary/aromatic N) is 1. The quantitative estimate of drug-likeness (QED) is 0.757. The van der Waals surface area contributed by atoms with Crippen molar-refractivity contribution in [1.82, 2.24) is 15.3 Å². The van der Waals surface area contributed by atoms with Gasteiger partial charge in [-0.05, 0) is 38.0 Å². The third-order valence-electron chi connectivity index (χ3n) is 2.91. The van der Waals surface area contributed by atoms with Crippen molar-refractivity contribution in [2.75, 3.05) is 6.54 Å². The van der Waals surface area contributed by atoms with Crippen LogP contribution < -0.4 is 11.1 Å². The Labute approximate surface area is 112 Å². The smallest absolute Gasteiger partial charge is 0.221 e. The van der Waals surface area contributed by atoms with Crippen LogP contribution >= 0.6 is 0 Å². The van der Waals surface area contributed by atoms with Crippen molar-refractivity contribution >= 4 is 16.9 Å². The molecule has 0 aliphatic rings. The highest BCUT2D eigenvalue weighted by molar-refractivity contribution is 5.77. The highest BCUT2D eigenvalue weighted by Crippen LogP contribution is 2.13. The maximum absolute atomic E-state index is 11.5. The van der Waals surface area contributed by atoms with Crippen LogP contribution in [0.15, 0.2) is 18.2 Å². The van der Waals surface area contributed by atoms with Crippen molar-refractivity contribution in [1.29, 1.82) is 0 Å². The Morgan fingerprint density at radius 3 is 3.05 bits per heavy atom. The molecule has 2 rings (SSSR count). The van der Waals surface area contributed by atoms with Gasteiger partial charge in [-0.2, -0.15) is 0 Å². The van der Waals surface area contributed by atoms with Crippen molar-refractivity contribution in [3.05, 3.63) is 29.6 Å². The number of carbonyl (C=O) groups is 1. The van der Waals surface area contributed by atoms with Gasteiger partial charge in [0.15, 0.2) is 0 Å². The molecule has 0 aliphatic heterocycles. The van der Waals surface area contributed by atoms with Gasteiger partial charge < -0.3 is 16.0 Å². The number of amides is 1. The molecule has 0 spiro atoms. The number of H-pyrrole nitrogens is 1. The van der Waals surface area contributed by atoms with Crippen LogP contribution in [0, 0.1) is 6.92 Å². The normalized spacial score (nSPS) is 12.6. The van der Waals surface area contributed by atoms with Crippen LogP contribution in [0.1, 0.15) is 24.7 Å². The number of fused-ring (bicyclic) bond motifs is 1. The molecule has 0 saturated heterocycles. The number of aromatic nitrogens is 2. The Kier molecular flexibility index (Phi) is 4.16. The first-order valence-corrected chi connectivity index (χ1v) is 6.52. The van der Waals surface area contributed by atoms with Crippen LogP contribution in [0.25, 0.3) is 11.0 Å². The van der Waals surface area contributed by atoms with Gasteiger partial charge in [-0.1, -0.05) is 6.07 Å².